The minimum Gasteiger partial charge on any atom is -0.457 e. The average molecular weight is 704 g/mol. The number of methoxy groups -OCH3 is 1. The van der Waals surface area contributed by atoms with Crippen LogP contribution in [0.2, 0.25) is 5.02 Å². The second kappa shape index (κ2) is 14.8. The molecule has 2 N–H and O–H groups in total. The third-order valence-electron chi connectivity index (χ3n) is 9.97. The fourth-order valence-electron chi connectivity index (χ4n) is 6.64. The van der Waals surface area contributed by atoms with Gasteiger partial charge in [0, 0.05) is 39.5 Å². The molecule has 3 aliphatic heterocycles. The molecule has 0 aromatic heterocycles. The van der Waals surface area contributed by atoms with Gasteiger partial charge in [0.1, 0.15) is 30.0 Å². The van der Waals surface area contributed by atoms with Crippen LogP contribution < -0.4 is 10.2 Å². The molecule has 3 heterocycles. The number of benzene rings is 1. The number of ether oxygens (including phenoxy) is 4. The van der Waals surface area contributed by atoms with Crippen molar-refractivity contribution in [3.63, 3.8) is 0 Å². The number of carbonyl (C=O) groups excluding carboxylic acids is 4. The Balaban J connectivity index is 1.77. The molecule has 2 fully saturated rings. The molecule has 0 aliphatic carbocycles. The third-order valence-corrected chi connectivity index (χ3v) is 10.5. The Morgan fingerprint density at radius 3 is 2.51 bits per heavy atom. The SMILES string of the molecule is CO[C@@H]1/C=C/C=C(\C)Cc2cc(C)c(Cl)c(c2)N(C)C(=O)C[C@H](OC(=O)[C@H](C)N(C)C(=O)C(C)C)[C@]2(C)O[C@H]2[C@H](C)[C@@H]2C[C@@]1(O)NC(=O)O2. The summed E-state index contributed by atoms with van der Waals surface area (Å²) in [7, 11) is 4.59. The molecule has 1 aromatic rings. The lowest BCUT2D eigenvalue weighted by atomic mass is 9.83. The van der Waals surface area contributed by atoms with Gasteiger partial charge < -0.3 is 33.9 Å². The van der Waals surface area contributed by atoms with E-state index in [-0.39, 0.29) is 30.6 Å². The summed E-state index contributed by atoms with van der Waals surface area (Å²) < 4.78 is 23.5. The van der Waals surface area contributed by atoms with Gasteiger partial charge >= 0.3 is 12.1 Å². The molecule has 4 rings (SSSR count). The number of anilines is 1. The van der Waals surface area contributed by atoms with Gasteiger partial charge in [0.15, 0.2) is 5.72 Å². The molecule has 0 radical (unpaired) electrons. The molecule has 0 unspecified atom stereocenters. The van der Waals surface area contributed by atoms with E-state index in [1.54, 1.807) is 46.9 Å². The zero-order chi connectivity index (χ0) is 36.6. The number of fused-ring (bicyclic) bond motifs is 5. The number of aryl methyl sites for hydroxylation is 1. The maximum Gasteiger partial charge on any atom is 0.409 e. The van der Waals surface area contributed by atoms with Crippen molar-refractivity contribution in [3.05, 3.63) is 52.1 Å². The van der Waals surface area contributed by atoms with Crippen LogP contribution in [0, 0.1) is 18.8 Å². The van der Waals surface area contributed by atoms with Crippen LogP contribution in [0.15, 0.2) is 35.9 Å². The summed E-state index contributed by atoms with van der Waals surface area (Å²) in [5.41, 5.74) is 0.211. The molecule has 12 nitrogen and oxygen atoms in total. The number of halogens is 1. The zero-order valence-electron chi connectivity index (χ0n) is 30.0. The summed E-state index contributed by atoms with van der Waals surface area (Å²) in [4.78, 5) is 55.8. The first kappa shape index (κ1) is 38.4. The van der Waals surface area contributed by atoms with E-state index in [2.05, 4.69) is 5.32 Å². The van der Waals surface area contributed by atoms with Gasteiger partial charge in [-0.1, -0.05) is 62.2 Å². The van der Waals surface area contributed by atoms with Crippen molar-refractivity contribution in [2.75, 3.05) is 26.1 Å². The van der Waals surface area contributed by atoms with Crippen molar-refractivity contribution < 1.29 is 43.2 Å². The number of epoxide rings is 1. The van der Waals surface area contributed by atoms with E-state index in [9.17, 15) is 24.3 Å². The topological polar surface area (TPSA) is 147 Å². The smallest absolute Gasteiger partial charge is 0.409 e. The van der Waals surface area contributed by atoms with Crippen LogP contribution in [-0.2, 0) is 39.8 Å². The first-order chi connectivity index (χ1) is 22.8. The average Bonchev–Trinajstić information content (AvgIpc) is 3.73. The van der Waals surface area contributed by atoms with E-state index < -0.39 is 59.8 Å². The van der Waals surface area contributed by atoms with Crippen molar-refractivity contribution in [2.24, 2.45) is 11.8 Å². The monoisotopic (exact) mass is 703 g/mol. The van der Waals surface area contributed by atoms with Gasteiger partial charge in [-0.15, -0.1) is 0 Å². The van der Waals surface area contributed by atoms with E-state index in [1.165, 1.54) is 24.0 Å². The van der Waals surface area contributed by atoms with Crippen LogP contribution in [0.4, 0.5) is 10.5 Å². The number of rotatable bonds is 5. The lowest BCUT2D eigenvalue weighted by Crippen LogP contribution is -2.63. The Labute approximate surface area is 293 Å². The molecule has 3 aliphatic rings. The van der Waals surface area contributed by atoms with Gasteiger partial charge in [0.25, 0.3) is 0 Å². The highest BCUT2D eigenvalue weighted by Crippen LogP contribution is 2.49. The summed E-state index contributed by atoms with van der Waals surface area (Å²) in [5, 5.41) is 14.6. The highest BCUT2D eigenvalue weighted by molar-refractivity contribution is 6.34. The number of likely N-dealkylation sites (N-methyl/N-ethyl adjacent to an activating group) is 1. The minimum absolute atomic E-state index is 0.0315. The number of hydrogen-bond acceptors (Lipinski definition) is 9. The van der Waals surface area contributed by atoms with Crippen LogP contribution in [0.1, 0.15) is 65.5 Å². The fourth-order valence-corrected chi connectivity index (χ4v) is 6.87. The number of nitrogens with one attached hydrogen (secondary N) is 1. The van der Waals surface area contributed by atoms with Gasteiger partial charge in [-0.3, -0.25) is 14.9 Å². The van der Waals surface area contributed by atoms with Crippen molar-refractivity contribution in [1.29, 1.82) is 0 Å². The summed E-state index contributed by atoms with van der Waals surface area (Å²) in [5.74, 6) is -2.15. The van der Waals surface area contributed by atoms with Gasteiger partial charge in [-0.25, -0.2) is 9.59 Å². The number of amides is 3. The first-order valence-electron chi connectivity index (χ1n) is 16.6. The summed E-state index contributed by atoms with van der Waals surface area (Å²) in [6.45, 7) is 12.4. The van der Waals surface area contributed by atoms with Crippen molar-refractivity contribution in [1.82, 2.24) is 10.2 Å². The third kappa shape index (κ3) is 8.14. The van der Waals surface area contributed by atoms with E-state index in [0.717, 1.165) is 16.7 Å². The molecule has 8 atom stereocenters. The van der Waals surface area contributed by atoms with Crippen LogP contribution in [0.25, 0.3) is 0 Å². The number of esters is 1. The van der Waals surface area contributed by atoms with E-state index in [4.69, 9.17) is 30.5 Å². The van der Waals surface area contributed by atoms with E-state index in [0.29, 0.717) is 17.1 Å². The van der Waals surface area contributed by atoms with Gasteiger partial charge in [-0.05, 0) is 51.3 Å². The molecule has 2 saturated heterocycles. The predicted octanol–water partition coefficient (Wildman–Crippen LogP) is 4.47. The largest absolute Gasteiger partial charge is 0.457 e. The lowest BCUT2D eigenvalue weighted by molar-refractivity contribution is -0.162. The van der Waals surface area contributed by atoms with E-state index in [1.807, 2.05) is 39.0 Å². The molecule has 3 amide bonds. The second-order valence-electron chi connectivity index (χ2n) is 14.1. The second-order valence-corrected chi connectivity index (χ2v) is 14.5. The molecule has 49 heavy (non-hydrogen) atoms. The molecule has 0 spiro atoms. The fraction of sp³-hybridized carbons (Fsp3) is 0.611. The van der Waals surface area contributed by atoms with Crippen molar-refractivity contribution in [3.8, 4) is 0 Å². The van der Waals surface area contributed by atoms with Crippen molar-refractivity contribution >= 4 is 41.2 Å². The Hall–Kier alpha value is -3.45. The molecule has 13 heteroatoms. The quantitative estimate of drug-likeness (QED) is 0.335. The van der Waals surface area contributed by atoms with Gasteiger partial charge in [0.05, 0.1) is 23.2 Å². The number of aliphatic hydroxyl groups is 1. The highest BCUT2D eigenvalue weighted by atomic mass is 35.5. The molecular weight excluding hydrogens is 654 g/mol. The standard InChI is InChI=1S/C36H50ClN3O9/c1-19(2)32(42)39(8)23(6)33(43)48-28-17-29(41)40(9)25-16-24(15-21(4)30(25)37)14-20(3)12-11-13-27(46-10)36(45)18-26(47-34(44)38-36)22(5)31-35(28,7)49-31/h11-13,15-16,19,22-23,26-28,31,45H,14,17-18H2,1-10H3,(H,38,44)/b13-11+,20-12+/t22-,23+,26+,27-,28+,31+,35+,36+/m1/s1. The van der Waals surface area contributed by atoms with Crippen LogP contribution in [0.5, 0.6) is 0 Å². The van der Waals surface area contributed by atoms with Crippen molar-refractivity contribution in [2.45, 2.75) is 110 Å². The molecule has 1 aromatic carbocycles. The number of nitrogens with zero attached hydrogens (tertiary/aromatic N) is 2. The molecule has 4 bridgehead atoms. The Morgan fingerprint density at radius 2 is 1.88 bits per heavy atom. The van der Waals surface area contributed by atoms with Crippen LogP contribution in [-0.4, -0.2) is 96.9 Å². The van der Waals surface area contributed by atoms with Crippen LogP contribution in [0.3, 0.4) is 0 Å². The number of alkyl carbamates (subject to hydrolysis) is 1. The Morgan fingerprint density at radius 1 is 1.20 bits per heavy atom. The Bertz CT molecular complexity index is 1530. The lowest BCUT2D eigenvalue weighted by Gasteiger charge is -2.42. The number of carbonyl (C=O) groups is 4. The number of hydrogen-bond donors (Lipinski definition) is 2. The summed E-state index contributed by atoms with van der Waals surface area (Å²) >= 11 is 6.74. The highest BCUT2D eigenvalue weighted by Gasteiger charge is 2.64. The number of allylic oxidation sites excluding steroid dienone is 3. The van der Waals surface area contributed by atoms with Gasteiger partial charge in [-0.2, -0.15) is 0 Å². The first-order valence-corrected chi connectivity index (χ1v) is 17.0. The van der Waals surface area contributed by atoms with E-state index >= 15 is 0 Å². The van der Waals surface area contributed by atoms with Gasteiger partial charge in [0.2, 0.25) is 11.8 Å². The van der Waals surface area contributed by atoms with Crippen LogP contribution >= 0.6 is 11.6 Å². The normalized spacial score (nSPS) is 33.0. The maximum atomic E-state index is 14.0. The molecule has 0 saturated carbocycles. The predicted molar refractivity (Wildman–Crippen MR) is 184 cm³/mol. The summed E-state index contributed by atoms with van der Waals surface area (Å²) in [6, 6.07) is 2.87. The Kier molecular flexibility index (Phi) is 11.6. The molecular formula is C36H50ClN3O9. The maximum absolute atomic E-state index is 14.0. The summed E-state index contributed by atoms with van der Waals surface area (Å²) in [6.07, 6.45) is 1.30. The zero-order valence-corrected chi connectivity index (χ0v) is 30.8. The molecule has 270 valence electrons. The minimum atomic E-state index is -1.80.